The monoisotopic (exact) mass is 368 g/mol. The molecule has 0 atom stereocenters. The lowest BCUT2D eigenvalue weighted by molar-refractivity contribution is 0.300. The fourth-order valence-corrected chi connectivity index (χ4v) is 2.98. The van der Waals surface area contributed by atoms with E-state index in [-0.39, 0.29) is 11.3 Å². The molecule has 2 aromatic heterocycles. The van der Waals surface area contributed by atoms with E-state index in [2.05, 4.69) is 20.3 Å². The zero-order valence-electron chi connectivity index (χ0n) is 14.2. The smallest absolute Gasteiger partial charge is 0.294 e. The van der Waals surface area contributed by atoms with Crippen LogP contribution in [0, 0.1) is 0 Å². The molecule has 0 spiro atoms. The molecule has 0 unspecified atom stereocenters. The molecule has 0 saturated carbocycles. The molecular formula is C19H20N4O2S. The Labute approximate surface area is 156 Å². The van der Waals surface area contributed by atoms with Gasteiger partial charge in [-0.05, 0) is 17.7 Å². The molecule has 0 radical (unpaired) electrons. The highest BCUT2D eigenvalue weighted by Gasteiger charge is 2.04. The number of aromatic nitrogens is 3. The lowest BCUT2D eigenvalue weighted by Crippen LogP contribution is -2.16. The number of pyridine rings is 1. The van der Waals surface area contributed by atoms with Gasteiger partial charge in [0.2, 0.25) is 11.7 Å². The summed E-state index contributed by atoms with van der Waals surface area (Å²) in [5.74, 6) is 2.40. The summed E-state index contributed by atoms with van der Waals surface area (Å²) in [5, 5.41) is 3.11. The van der Waals surface area contributed by atoms with Crippen molar-refractivity contribution in [3.8, 4) is 5.75 Å². The van der Waals surface area contributed by atoms with Gasteiger partial charge in [0.1, 0.15) is 6.61 Å². The van der Waals surface area contributed by atoms with Gasteiger partial charge in [0, 0.05) is 24.2 Å². The molecule has 0 saturated heterocycles. The normalized spacial score (nSPS) is 10.5. The standard InChI is InChI=1S/C19H20N4O2S/c24-18-17(25-13-15-6-2-1-3-7-15)12-22-19(23-18)21-10-11-26-14-16-8-4-5-9-20-16/h1-9,12H,10-11,13-14H2,(H2,21,22,23,24). The fourth-order valence-electron chi connectivity index (χ4n) is 2.21. The SMILES string of the molecule is O=c1[nH]c(NCCSCc2ccccn2)ncc1OCc1ccccc1. The molecular weight excluding hydrogens is 348 g/mol. The maximum Gasteiger partial charge on any atom is 0.294 e. The summed E-state index contributed by atoms with van der Waals surface area (Å²) in [6.45, 7) is 1.03. The van der Waals surface area contributed by atoms with Crippen LogP contribution < -0.4 is 15.6 Å². The Bertz CT molecular complexity index is 856. The number of thioether (sulfide) groups is 1. The molecule has 7 heteroatoms. The van der Waals surface area contributed by atoms with Crippen LogP contribution in [0.4, 0.5) is 5.95 Å². The molecule has 6 nitrogen and oxygen atoms in total. The number of rotatable bonds is 9. The van der Waals surface area contributed by atoms with E-state index in [0.29, 0.717) is 19.1 Å². The van der Waals surface area contributed by atoms with E-state index < -0.39 is 0 Å². The van der Waals surface area contributed by atoms with Gasteiger partial charge < -0.3 is 10.1 Å². The lowest BCUT2D eigenvalue weighted by atomic mass is 10.2. The number of aromatic amines is 1. The number of hydrogen-bond acceptors (Lipinski definition) is 6. The Kier molecular flexibility index (Phi) is 6.66. The Morgan fingerprint density at radius 3 is 2.69 bits per heavy atom. The minimum absolute atomic E-state index is 0.212. The number of nitrogens with one attached hydrogen (secondary N) is 2. The third-order valence-corrected chi connectivity index (χ3v) is 4.51. The van der Waals surface area contributed by atoms with Crippen LogP contribution in [0.15, 0.2) is 65.7 Å². The average Bonchev–Trinajstić information content (AvgIpc) is 2.69. The molecule has 0 fully saturated rings. The van der Waals surface area contributed by atoms with Gasteiger partial charge in [-0.1, -0.05) is 36.4 Å². The van der Waals surface area contributed by atoms with E-state index in [0.717, 1.165) is 22.8 Å². The molecule has 1 aromatic carbocycles. The third-order valence-electron chi connectivity index (χ3n) is 3.52. The predicted octanol–water partition coefficient (Wildman–Crippen LogP) is 3.09. The van der Waals surface area contributed by atoms with Gasteiger partial charge in [0.25, 0.3) is 5.56 Å². The van der Waals surface area contributed by atoms with Crippen molar-refractivity contribution in [2.45, 2.75) is 12.4 Å². The van der Waals surface area contributed by atoms with E-state index in [1.807, 2.05) is 48.5 Å². The second-order valence-electron chi connectivity index (χ2n) is 5.50. The van der Waals surface area contributed by atoms with Crippen LogP contribution in [0.3, 0.4) is 0 Å². The van der Waals surface area contributed by atoms with E-state index in [4.69, 9.17) is 4.74 Å². The molecule has 26 heavy (non-hydrogen) atoms. The Hall–Kier alpha value is -2.80. The summed E-state index contributed by atoms with van der Waals surface area (Å²) < 4.78 is 5.52. The zero-order valence-corrected chi connectivity index (χ0v) is 15.0. The van der Waals surface area contributed by atoms with Crippen molar-refractivity contribution < 1.29 is 4.74 Å². The highest BCUT2D eigenvalue weighted by molar-refractivity contribution is 7.98. The molecule has 3 rings (SSSR count). The van der Waals surface area contributed by atoms with Gasteiger partial charge in [0.15, 0.2) is 0 Å². The molecule has 0 aliphatic carbocycles. The second-order valence-corrected chi connectivity index (χ2v) is 6.61. The Morgan fingerprint density at radius 1 is 1.08 bits per heavy atom. The summed E-state index contributed by atoms with van der Waals surface area (Å²) in [7, 11) is 0. The van der Waals surface area contributed by atoms with Crippen LogP contribution in [0.5, 0.6) is 5.75 Å². The van der Waals surface area contributed by atoms with Crippen molar-refractivity contribution in [3.63, 3.8) is 0 Å². The number of hydrogen-bond donors (Lipinski definition) is 2. The van der Waals surface area contributed by atoms with E-state index in [1.54, 1.807) is 18.0 Å². The number of H-pyrrole nitrogens is 1. The van der Waals surface area contributed by atoms with Gasteiger partial charge in [-0.15, -0.1) is 0 Å². The van der Waals surface area contributed by atoms with Crippen molar-refractivity contribution in [3.05, 3.63) is 82.5 Å². The molecule has 134 valence electrons. The summed E-state index contributed by atoms with van der Waals surface area (Å²) in [6, 6.07) is 15.6. The van der Waals surface area contributed by atoms with Crippen molar-refractivity contribution in [1.29, 1.82) is 0 Å². The first kappa shape index (κ1) is 18.0. The molecule has 2 heterocycles. The largest absolute Gasteiger partial charge is 0.482 e. The van der Waals surface area contributed by atoms with Crippen molar-refractivity contribution in [1.82, 2.24) is 15.0 Å². The quantitative estimate of drug-likeness (QED) is 0.565. The fraction of sp³-hybridized carbons (Fsp3) is 0.211. The van der Waals surface area contributed by atoms with Crippen LogP contribution >= 0.6 is 11.8 Å². The van der Waals surface area contributed by atoms with Crippen molar-refractivity contribution >= 4 is 17.7 Å². The van der Waals surface area contributed by atoms with E-state index in [9.17, 15) is 4.79 Å². The van der Waals surface area contributed by atoms with Crippen molar-refractivity contribution in [2.75, 3.05) is 17.6 Å². The van der Waals surface area contributed by atoms with Gasteiger partial charge in [0.05, 0.1) is 11.9 Å². The summed E-state index contributed by atoms with van der Waals surface area (Å²) in [4.78, 5) is 23.2. The molecule has 0 aliphatic heterocycles. The van der Waals surface area contributed by atoms with Crippen LogP contribution in [0.1, 0.15) is 11.3 Å². The molecule has 3 aromatic rings. The Morgan fingerprint density at radius 2 is 1.92 bits per heavy atom. The molecule has 0 amide bonds. The number of benzene rings is 1. The van der Waals surface area contributed by atoms with Gasteiger partial charge in [-0.2, -0.15) is 11.8 Å². The predicted molar refractivity (Wildman–Crippen MR) is 105 cm³/mol. The maximum absolute atomic E-state index is 12.1. The summed E-state index contributed by atoms with van der Waals surface area (Å²) >= 11 is 1.77. The highest BCUT2D eigenvalue weighted by atomic mass is 32.2. The topological polar surface area (TPSA) is 79.9 Å². The third kappa shape index (κ3) is 5.63. The minimum Gasteiger partial charge on any atom is -0.482 e. The molecule has 0 bridgehead atoms. The van der Waals surface area contributed by atoms with Crippen molar-refractivity contribution in [2.24, 2.45) is 0 Å². The van der Waals surface area contributed by atoms with Gasteiger partial charge in [-0.25, -0.2) is 4.98 Å². The molecule has 0 aliphatic rings. The maximum atomic E-state index is 12.1. The van der Waals surface area contributed by atoms with Gasteiger partial charge >= 0.3 is 0 Å². The highest BCUT2D eigenvalue weighted by Crippen LogP contribution is 2.10. The summed E-state index contributed by atoms with van der Waals surface area (Å²) in [5.41, 5.74) is 1.77. The summed E-state index contributed by atoms with van der Waals surface area (Å²) in [6.07, 6.45) is 3.25. The molecule has 2 N–H and O–H groups in total. The van der Waals surface area contributed by atoms with Crippen LogP contribution in [-0.2, 0) is 12.4 Å². The van der Waals surface area contributed by atoms with Crippen LogP contribution in [-0.4, -0.2) is 27.2 Å². The number of ether oxygens (including phenoxy) is 1. The van der Waals surface area contributed by atoms with Crippen LogP contribution in [0.2, 0.25) is 0 Å². The average molecular weight is 368 g/mol. The number of nitrogens with zero attached hydrogens (tertiary/aromatic N) is 2. The first-order valence-corrected chi connectivity index (χ1v) is 9.44. The second kappa shape index (κ2) is 9.62. The minimum atomic E-state index is -0.292. The van der Waals surface area contributed by atoms with E-state index in [1.165, 1.54) is 6.20 Å². The number of anilines is 1. The first-order chi connectivity index (χ1) is 12.8. The lowest BCUT2D eigenvalue weighted by Gasteiger charge is -2.08. The Balaban J connectivity index is 1.42. The first-order valence-electron chi connectivity index (χ1n) is 8.29. The van der Waals surface area contributed by atoms with E-state index >= 15 is 0 Å². The van der Waals surface area contributed by atoms with Crippen LogP contribution in [0.25, 0.3) is 0 Å². The van der Waals surface area contributed by atoms with Gasteiger partial charge in [-0.3, -0.25) is 14.8 Å². The zero-order chi connectivity index (χ0) is 18.0.